The number of nitrogens with zero attached hydrogens (tertiary/aromatic N) is 1. The maximum atomic E-state index is 13.2. The zero-order valence-corrected chi connectivity index (χ0v) is 17.8. The molecule has 1 fully saturated rings. The number of carbonyl (C=O) groups excluding carboxylic acids is 2. The number of para-hydroxylation sites is 2. The van der Waals surface area contributed by atoms with Gasteiger partial charge in [-0.2, -0.15) is 0 Å². The Morgan fingerprint density at radius 1 is 0.968 bits per heavy atom. The van der Waals surface area contributed by atoms with Crippen molar-refractivity contribution in [3.63, 3.8) is 0 Å². The molecule has 4 rings (SSSR count). The number of ketones is 1. The lowest BCUT2D eigenvalue weighted by Gasteiger charge is -2.27. The molecule has 0 aliphatic carbocycles. The lowest BCUT2D eigenvalue weighted by molar-refractivity contribution is -0.132. The second-order valence-corrected chi connectivity index (χ2v) is 7.64. The van der Waals surface area contributed by atoms with Crippen LogP contribution >= 0.6 is 11.6 Å². The molecule has 1 aliphatic rings. The highest BCUT2D eigenvalue weighted by molar-refractivity contribution is 6.51. The molecule has 3 aromatic rings. The Balaban J connectivity index is 2.00. The summed E-state index contributed by atoms with van der Waals surface area (Å²) in [4.78, 5) is 27.8. The maximum absolute atomic E-state index is 13.2. The van der Waals surface area contributed by atoms with Crippen LogP contribution in [0.25, 0.3) is 5.76 Å². The molecule has 31 heavy (non-hydrogen) atoms. The SMILES string of the molecule is COc1ccccc1C1/C(=C(\O)c2ccc(Cl)cc2)C(=O)C(=O)N1c1ccccc1C. The summed E-state index contributed by atoms with van der Waals surface area (Å²) in [6, 6.07) is 20.1. The van der Waals surface area contributed by atoms with Gasteiger partial charge in [0.15, 0.2) is 0 Å². The molecule has 5 nitrogen and oxygen atoms in total. The van der Waals surface area contributed by atoms with Crippen molar-refractivity contribution >= 4 is 34.7 Å². The van der Waals surface area contributed by atoms with Crippen LogP contribution in [0.3, 0.4) is 0 Å². The minimum atomic E-state index is -0.854. The van der Waals surface area contributed by atoms with E-state index in [0.29, 0.717) is 27.6 Å². The summed E-state index contributed by atoms with van der Waals surface area (Å²) in [5.41, 5.74) is 2.42. The van der Waals surface area contributed by atoms with Gasteiger partial charge in [-0.25, -0.2) is 0 Å². The third-order valence-electron chi connectivity index (χ3n) is 5.37. The van der Waals surface area contributed by atoms with Crippen LogP contribution in [0.4, 0.5) is 5.69 Å². The zero-order chi connectivity index (χ0) is 22.1. The van der Waals surface area contributed by atoms with Crippen LogP contribution in [-0.2, 0) is 9.59 Å². The lowest BCUT2D eigenvalue weighted by atomic mass is 9.94. The number of halogens is 1. The summed E-state index contributed by atoms with van der Waals surface area (Å²) in [5.74, 6) is -1.22. The number of Topliss-reactive ketones (excluding diaryl/α,β-unsaturated/α-hetero) is 1. The Hall–Kier alpha value is -3.57. The van der Waals surface area contributed by atoms with Gasteiger partial charge in [-0.15, -0.1) is 0 Å². The number of aryl methyl sites for hydroxylation is 1. The first-order valence-electron chi connectivity index (χ1n) is 9.69. The monoisotopic (exact) mass is 433 g/mol. The van der Waals surface area contributed by atoms with E-state index < -0.39 is 17.7 Å². The van der Waals surface area contributed by atoms with Crippen LogP contribution in [0.1, 0.15) is 22.7 Å². The van der Waals surface area contributed by atoms with Crippen LogP contribution in [0.15, 0.2) is 78.4 Å². The van der Waals surface area contributed by atoms with Crippen molar-refractivity contribution in [2.45, 2.75) is 13.0 Å². The molecule has 1 amide bonds. The van der Waals surface area contributed by atoms with Gasteiger partial charge in [0.1, 0.15) is 11.5 Å². The average molecular weight is 434 g/mol. The predicted octanol–water partition coefficient (Wildman–Crippen LogP) is 5.28. The Kier molecular flexibility index (Phi) is 5.53. The number of benzene rings is 3. The fourth-order valence-electron chi connectivity index (χ4n) is 3.86. The standard InChI is InChI=1S/C25H20ClNO4/c1-15-7-3-5-9-19(15)27-22(18-8-4-6-10-20(18)31-2)21(24(29)25(27)30)23(28)16-11-13-17(26)14-12-16/h3-14,22,28H,1-2H3/b23-21+. The molecule has 1 aliphatic heterocycles. The molecule has 0 aromatic heterocycles. The first-order valence-corrected chi connectivity index (χ1v) is 10.1. The first kappa shape index (κ1) is 20.7. The minimum Gasteiger partial charge on any atom is -0.507 e. The third-order valence-corrected chi connectivity index (χ3v) is 5.62. The Morgan fingerprint density at radius 3 is 2.29 bits per heavy atom. The number of aliphatic hydroxyl groups is 1. The smallest absolute Gasteiger partial charge is 0.300 e. The Labute approximate surface area is 185 Å². The van der Waals surface area contributed by atoms with Gasteiger partial charge in [0.05, 0.1) is 18.7 Å². The number of amides is 1. The van der Waals surface area contributed by atoms with E-state index in [1.165, 1.54) is 12.0 Å². The highest BCUT2D eigenvalue weighted by atomic mass is 35.5. The molecule has 0 bridgehead atoms. The lowest BCUT2D eigenvalue weighted by Crippen LogP contribution is -2.30. The molecule has 1 saturated heterocycles. The molecule has 1 N–H and O–H groups in total. The second-order valence-electron chi connectivity index (χ2n) is 7.20. The van der Waals surface area contributed by atoms with Crippen molar-refractivity contribution in [2.75, 3.05) is 12.0 Å². The van der Waals surface area contributed by atoms with E-state index >= 15 is 0 Å². The summed E-state index contributed by atoms with van der Waals surface area (Å²) in [7, 11) is 1.53. The maximum Gasteiger partial charge on any atom is 0.300 e. The van der Waals surface area contributed by atoms with Gasteiger partial charge in [0.25, 0.3) is 11.7 Å². The topological polar surface area (TPSA) is 66.8 Å². The molecule has 0 spiro atoms. The average Bonchev–Trinajstić information content (AvgIpc) is 3.04. The molecule has 156 valence electrons. The highest BCUT2D eigenvalue weighted by Gasteiger charge is 2.48. The summed E-state index contributed by atoms with van der Waals surface area (Å²) in [5, 5.41) is 11.6. The van der Waals surface area contributed by atoms with Crippen LogP contribution in [0.5, 0.6) is 5.75 Å². The number of carbonyl (C=O) groups is 2. The highest BCUT2D eigenvalue weighted by Crippen LogP contribution is 2.45. The Morgan fingerprint density at radius 2 is 1.61 bits per heavy atom. The van der Waals surface area contributed by atoms with Gasteiger partial charge in [0.2, 0.25) is 0 Å². The van der Waals surface area contributed by atoms with Gasteiger partial charge in [-0.3, -0.25) is 14.5 Å². The van der Waals surface area contributed by atoms with Crippen molar-refractivity contribution in [2.24, 2.45) is 0 Å². The molecular weight excluding hydrogens is 414 g/mol. The van der Waals surface area contributed by atoms with Crippen molar-refractivity contribution in [3.05, 3.63) is 100 Å². The second kappa shape index (κ2) is 8.28. The predicted molar refractivity (Wildman–Crippen MR) is 120 cm³/mol. The number of hydrogen-bond acceptors (Lipinski definition) is 4. The largest absolute Gasteiger partial charge is 0.507 e. The number of methoxy groups -OCH3 is 1. The van der Waals surface area contributed by atoms with Crippen molar-refractivity contribution in [1.82, 2.24) is 0 Å². The van der Waals surface area contributed by atoms with Gasteiger partial charge in [-0.1, -0.05) is 48.0 Å². The molecule has 1 atom stereocenters. The molecule has 1 heterocycles. The molecule has 6 heteroatoms. The van der Waals surface area contributed by atoms with E-state index in [-0.39, 0.29) is 11.3 Å². The third kappa shape index (κ3) is 3.57. The fourth-order valence-corrected chi connectivity index (χ4v) is 3.99. The molecule has 1 unspecified atom stereocenters. The van der Waals surface area contributed by atoms with Crippen LogP contribution < -0.4 is 9.64 Å². The van der Waals surface area contributed by atoms with E-state index in [1.807, 2.05) is 25.1 Å². The van der Waals surface area contributed by atoms with Crippen molar-refractivity contribution in [1.29, 1.82) is 0 Å². The van der Waals surface area contributed by atoms with E-state index in [0.717, 1.165) is 5.56 Å². The Bertz CT molecular complexity index is 1200. The number of aliphatic hydroxyl groups excluding tert-OH is 1. The van der Waals surface area contributed by atoms with Crippen LogP contribution in [-0.4, -0.2) is 23.9 Å². The van der Waals surface area contributed by atoms with Gasteiger partial charge < -0.3 is 9.84 Å². The molecular formula is C25H20ClNO4. The van der Waals surface area contributed by atoms with Crippen molar-refractivity contribution in [3.8, 4) is 5.75 Å². The first-order chi connectivity index (χ1) is 14.9. The zero-order valence-electron chi connectivity index (χ0n) is 17.0. The van der Waals surface area contributed by atoms with E-state index in [2.05, 4.69) is 0 Å². The van der Waals surface area contributed by atoms with Gasteiger partial charge in [0, 0.05) is 21.8 Å². The molecule has 3 aromatic carbocycles. The van der Waals surface area contributed by atoms with Gasteiger partial charge >= 0.3 is 0 Å². The summed E-state index contributed by atoms with van der Waals surface area (Å²) in [6.45, 7) is 1.87. The fraction of sp³-hybridized carbons (Fsp3) is 0.120. The normalized spacial score (nSPS) is 17.8. The quantitative estimate of drug-likeness (QED) is 0.345. The number of rotatable bonds is 4. The molecule has 0 saturated carbocycles. The minimum absolute atomic E-state index is 0.0000699. The molecule has 0 radical (unpaired) electrons. The summed E-state index contributed by atoms with van der Waals surface area (Å²) < 4.78 is 5.52. The number of anilines is 1. The summed E-state index contributed by atoms with van der Waals surface area (Å²) in [6.07, 6.45) is 0. The van der Waals surface area contributed by atoms with E-state index in [1.54, 1.807) is 54.6 Å². The van der Waals surface area contributed by atoms with Gasteiger partial charge in [-0.05, 0) is 48.9 Å². The van der Waals surface area contributed by atoms with Crippen LogP contribution in [0, 0.1) is 6.92 Å². The van der Waals surface area contributed by atoms with E-state index in [4.69, 9.17) is 16.3 Å². The summed E-state index contributed by atoms with van der Waals surface area (Å²) >= 11 is 5.97. The van der Waals surface area contributed by atoms with Crippen molar-refractivity contribution < 1.29 is 19.4 Å². The number of hydrogen-bond donors (Lipinski definition) is 1. The number of ether oxygens (including phenoxy) is 1. The van der Waals surface area contributed by atoms with Crippen LogP contribution in [0.2, 0.25) is 5.02 Å². The van der Waals surface area contributed by atoms with E-state index in [9.17, 15) is 14.7 Å².